The number of nitrogens with zero attached hydrogens (tertiary/aromatic N) is 1. The number of benzene rings is 2. The van der Waals surface area contributed by atoms with Crippen LogP contribution in [0.15, 0.2) is 59.5 Å². The van der Waals surface area contributed by atoms with Crippen molar-refractivity contribution in [2.45, 2.75) is 11.8 Å². The van der Waals surface area contributed by atoms with Gasteiger partial charge in [-0.1, -0.05) is 30.3 Å². The Bertz CT molecular complexity index is 862. The molecule has 0 saturated heterocycles. The molecule has 0 fully saturated rings. The van der Waals surface area contributed by atoms with Crippen molar-refractivity contribution >= 4 is 27.4 Å². The third-order valence-electron chi connectivity index (χ3n) is 3.52. The van der Waals surface area contributed by atoms with Gasteiger partial charge in [-0.2, -0.15) is 0 Å². The average molecular weight is 361 g/mol. The van der Waals surface area contributed by atoms with Gasteiger partial charge in [-0.25, -0.2) is 13.2 Å². The van der Waals surface area contributed by atoms with Crippen LogP contribution < -0.4 is 4.90 Å². The van der Waals surface area contributed by atoms with Crippen LogP contribution in [-0.2, 0) is 19.4 Å². The molecule has 0 heterocycles. The van der Waals surface area contributed by atoms with Crippen LogP contribution in [0.5, 0.6) is 0 Å². The number of para-hydroxylation sites is 1. The van der Waals surface area contributed by atoms with Crippen LogP contribution in [0.2, 0.25) is 0 Å². The number of carbonyl (C=O) groups excluding carboxylic acids is 2. The first-order chi connectivity index (χ1) is 11.8. The number of likely N-dealkylation sites (N-methyl/N-ethyl adjacent to an activating group) is 1. The van der Waals surface area contributed by atoms with E-state index >= 15 is 0 Å². The maximum Gasteiger partial charge on any atom is 0.339 e. The highest BCUT2D eigenvalue weighted by Crippen LogP contribution is 2.17. The Morgan fingerprint density at radius 2 is 1.60 bits per heavy atom. The molecular weight excluding hydrogens is 342 g/mol. The maximum absolute atomic E-state index is 12.3. The van der Waals surface area contributed by atoms with Gasteiger partial charge in [0, 0.05) is 18.5 Å². The fraction of sp³-hybridized carbons (Fsp3) is 0.222. The standard InChI is InChI=1S/C18H19NO5S/c1-3-19(14-9-5-4-6-10-14)17(20)13-24-18(21)15-11-7-8-12-16(15)25(2,22)23/h4-12H,3,13H2,1-2H3. The summed E-state index contributed by atoms with van der Waals surface area (Å²) in [6.45, 7) is 1.76. The van der Waals surface area contributed by atoms with Crippen molar-refractivity contribution in [1.29, 1.82) is 0 Å². The van der Waals surface area contributed by atoms with Gasteiger partial charge in [0.25, 0.3) is 5.91 Å². The number of sulfone groups is 1. The van der Waals surface area contributed by atoms with Crippen LogP contribution >= 0.6 is 0 Å². The molecule has 0 aliphatic carbocycles. The predicted octanol–water partition coefficient (Wildman–Crippen LogP) is 2.30. The van der Waals surface area contributed by atoms with Crippen LogP contribution in [0, 0.1) is 0 Å². The van der Waals surface area contributed by atoms with E-state index in [1.165, 1.54) is 29.2 Å². The summed E-state index contributed by atoms with van der Waals surface area (Å²) in [5, 5.41) is 0. The van der Waals surface area contributed by atoms with Crippen LogP contribution in [0.25, 0.3) is 0 Å². The Hall–Kier alpha value is -2.67. The molecule has 0 aromatic heterocycles. The lowest BCUT2D eigenvalue weighted by Crippen LogP contribution is -2.34. The molecule has 2 aromatic rings. The Labute approximate surface area is 146 Å². The van der Waals surface area contributed by atoms with Crippen LogP contribution in [0.4, 0.5) is 5.69 Å². The molecule has 1 amide bonds. The molecule has 0 spiro atoms. The number of carbonyl (C=O) groups is 2. The predicted molar refractivity (Wildman–Crippen MR) is 94.3 cm³/mol. The zero-order chi connectivity index (χ0) is 18.4. The van der Waals surface area contributed by atoms with E-state index in [0.717, 1.165) is 6.26 Å². The summed E-state index contributed by atoms with van der Waals surface area (Å²) in [5.41, 5.74) is 0.614. The lowest BCUT2D eigenvalue weighted by atomic mass is 10.2. The fourth-order valence-electron chi connectivity index (χ4n) is 2.35. The maximum atomic E-state index is 12.3. The summed E-state index contributed by atoms with van der Waals surface area (Å²) in [7, 11) is -3.58. The number of hydrogen-bond donors (Lipinski definition) is 0. The second-order valence-corrected chi connectivity index (χ2v) is 7.30. The molecule has 0 bridgehead atoms. The summed E-state index contributed by atoms with van der Waals surface area (Å²) >= 11 is 0. The van der Waals surface area contributed by atoms with Gasteiger partial charge in [-0.3, -0.25) is 4.79 Å². The number of hydrogen-bond acceptors (Lipinski definition) is 5. The van der Waals surface area contributed by atoms with Crippen molar-refractivity contribution in [2.24, 2.45) is 0 Å². The minimum atomic E-state index is -3.58. The number of anilines is 1. The normalized spacial score (nSPS) is 11.0. The van der Waals surface area contributed by atoms with Crippen molar-refractivity contribution in [2.75, 3.05) is 24.3 Å². The molecule has 0 aliphatic heterocycles. The fourth-order valence-corrected chi connectivity index (χ4v) is 3.23. The Morgan fingerprint density at radius 1 is 1.00 bits per heavy atom. The van der Waals surface area contributed by atoms with E-state index in [1.54, 1.807) is 24.3 Å². The Balaban J connectivity index is 2.11. The van der Waals surface area contributed by atoms with Crippen molar-refractivity contribution in [3.05, 3.63) is 60.2 Å². The number of amides is 1. The largest absolute Gasteiger partial charge is 0.452 e. The summed E-state index contributed by atoms with van der Waals surface area (Å²) in [6.07, 6.45) is 1.01. The van der Waals surface area contributed by atoms with Gasteiger partial charge < -0.3 is 9.64 Å². The van der Waals surface area contributed by atoms with Gasteiger partial charge >= 0.3 is 5.97 Å². The molecule has 0 radical (unpaired) electrons. The second-order valence-electron chi connectivity index (χ2n) is 5.32. The first-order valence-corrected chi connectivity index (χ1v) is 9.55. The van der Waals surface area contributed by atoms with E-state index in [9.17, 15) is 18.0 Å². The first-order valence-electron chi connectivity index (χ1n) is 7.66. The molecule has 0 saturated carbocycles. The monoisotopic (exact) mass is 361 g/mol. The SMILES string of the molecule is CCN(C(=O)COC(=O)c1ccccc1S(C)(=O)=O)c1ccccc1. The van der Waals surface area contributed by atoms with E-state index < -0.39 is 22.4 Å². The van der Waals surface area contributed by atoms with E-state index in [4.69, 9.17) is 4.74 Å². The summed E-state index contributed by atoms with van der Waals surface area (Å²) in [4.78, 5) is 25.9. The van der Waals surface area contributed by atoms with Gasteiger partial charge in [0.2, 0.25) is 0 Å². The molecule has 0 aliphatic rings. The van der Waals surface area contributed by atoms with E-state index in [0.29, 0.717) is 12.2 Å². The summed E-state index contributed by atoms with van der Waals surface area (Å²) < 4.78 is 28.5. The minimum absolute atomic E-state index is 0.0828. The van der Waals surface area contributed by atoms with Gasteiger partial charge in [0.15, 0.2) is 16.4 Å². The van der Waals surface area contributed by atoms with E-state index in [1.807, 2.05) is 13.0 Å². The lowest BCUT2D eigenvalue weighted by molar-refractivity contribution is -0.121. The van der Waals surface area contributed by atoms with Crippen molar-refractivity contribution in [1.82, 2.24) is 0 Å². The minimum Gasteiger partial charge on any atom is -0.452 e. The molecule has 132 valence electrons. The highest BCUT2D eigenvalue weighted by Gasteiger charge is 2.21. The molecule has 0 atom stereocenters. The van der Waals surface area contributed by atoms with Gasteiger partial charge in [-0.15, -0.1) is 0 Å². The van der Waals surface area contributed by atoms with Gasteiger partial charge in [0.1, 0.15) is 0 Å². The molecule has 0 unspecified atom stereocenters. The van der Waals surface area contributed by atoms with Crippen LogP contribution in [0.3, 0.4) is 0 Å². The molecule has 25 heavy (non-hydrogen) atoms. The van der Waals surface area contributed by atoms with Crippen molar-refractivity contribution in [3.8, 4) is 0 Å². The Morgan fingerprint density at radius 3 is 2.20 bits per heavy atom. The molecule has 2 aromatic carbocycles. The van der Waals surface area contributed by atoms with E-state index in [-0.39, 0.29) is 16.4 Å². The van der Waals surface area contributed by atoms with Gasteiger partial charge in [0.05, 0.1) is 10.5 Å². The highest BCUT2D eigenvalue weighted by atomic mass is 32.2. The van der Waals surface area contributed by atoms with Gasteiger partial charge in [-0.05, 0) is 31.2 Å². The van der Waals surface area contributed by atoms with E-state index in [2.05, 4.69) is 0 Å². The number of ether oxygens (including phenoxy) is 1. The quantitative estimate of drug-likeness (QED) is 0.738. The topological polar surface area (TPSA) is 80.8 Å². The molecule has 7 heteroatoms. The molecule has 2 rings (SSSR count). The molecular formula is C18H19NO5S. The third-order valence-corrected chi connectivity index (χ3v) is 4.67. The van der Waals surface area contributed by atoms with Crippen molar-refractivity contribution < 1.29 is 22.7 Å². The summed E-state index contributed by atoms with van der Waals surface area (Å²) in [5.74, 6) is -1.24. The zero-order valence-corrected chi connectivity index (χ0v) is 14.8. The smallest absolute Gasteiger partial charge is 0.339 e. The summed E-state index contributed by atoms with van der Waals surface area (Å²) in [6, 6.07) is 14.8. The highest BCUT2D eigenvalue weighted by molar-refractivity contribution is 7.90. The lowest BCUT2D eigenvalue weighted by Gasteiger charge is -2.20. The van der Waals surface area contributed by atoms with Crippen LogP contribution in [0.1, 0.15) is 17.3 Å². The average Bonchev–Trinajstić information content (AvgIpc) is 2.60. The number of rotatable bonds is 6. The first kappa shape index (κ1) is 18.7. The zero-order valence-electron chi connectivity index (χ0n) is 14.0. The molecule has 0 N–H and O–H groups in total. The molecule has 6 nitrogen and oxygen atoms in total. The Kier molecular flexibility index (Phi) is 5.93. The second kappa shape index (κ2) is 7.94. The number of esters is 1. The van der Waals surface area contributed by atoms with Crippen molar-refractivity contribution in [3.63, 3.8) is 0 Å². The third kappa shape index (κ3) is 4.67. The van der Waals surface area contributed by atoms with Crippen LogP contribution in [-0.4, -0.2) is 39.7 Å².